The molecule has 0 aliphatic heterocycles. The van der Waals surface area contributed by atoms with Gasteiger partial charge in [-0.05, 0) is 18.2 Å². The van der Waals surface area contributed by atoms with Gasteiger partial charge in [-0.3, -0.25) is 5.43 Å². The summed E-state index contributed by atoms with van der Waals surface area (Å²) in [5.74, 6) is -1.12. The molecule has 1 aromatic rings. The van der Waals surface area contributed by atoms with Crippen molar-refractivity contribution in [1.29, 1.82) is 10.5 Å². The molecular weight excluding hydrogens is 244 g/mol. The fourth-order valence-electron chi connectivity index (χ4n) is 0.935. The summed E-state index contributed by atoms with van der Waals surface area (Å²) in [6.45, 7) is 0. The molecule has 0 atom stereocenters. The van der Waals surface area contributed by atoms with Crippen LogP contribution in [0.25, 0.3) is 0 Å². The summed E-state index contributed by atoms with van der Waals surface area (Å²) in [5.41, 5.74) is 2.19. The number of hydrogen-bond donors (Lipinski definition) is 2. The Morgan fingerprint density at radius 2 is 2.06 bits per heavy atom. The molecule has 0 amide bonds. The number of carboxylic acids is 1. The van der Waals surface area contributed by atoms with Gasteiger partial charge in [0.2, 0.25) is 5.71 Å². The molecule has 0 saturated carbocycles. The molecule has 1 aromatic carbocycles. The maximum atomic E-state index is 10.7. The van der Waals surface area contributed by atoms with Gasteiger partial charge < -0.3 is 5.11 Å². The number of anilines is 1. The molecule has 7 heteroatoms. The highest BCUT2D eigenvalue weighted by Crippen LogP contribution is 2.23. The predicted molar refractivity (Wildman–Crippen MR) is 60.7 cm³/mol. The second-order valence-corrected chi connectivity index (χ2v) is 3.20. The van der Waals surface area contributed by atoms with E-state index in [4.69, 9.17) is 27.2 Å². The van der Waals surface area contributed by atoms with Crippen molar-refractivity contribution in [2.45, 2.75) is 0 Å². The normalized spacial score (nSPS) is 8.65. The molecule has 0 spiro atoms. The Bertz CT molecular complexity index is 553. The minimum atomic E-state index is -1.12. The summed E-state index contributed by atoms with van der Waals surface area (Å²) in [4.78, 5) is 10.7. The average Bonchev–Trinajstić information content (AvgIpc) is 2.32. The highest BCUT2D eigenvalue weighted by molar-refractivity contribution is 6.33. The third kappa shape index (κ3) is 3.20. The van der Waals surface area contributed by atoms with E-state index in [1.54, 1.807) is 12.1 Å². The largest absolute Gasteiger partial charge is 0.478 e. The number of hydrazone groups is 1. The highest BCUT2D eigenvalue weighted by atomic mass is 35.5. The molecule has 1 rings (SSSR count). The number of aromatic carboxylic acids is 1. The molecule has 0 fully saturated rings. The van der Waals surface area contributed by atoms with Crippen LogP contribution >= 0.6 is 11.6 Å². The Labute approximate surface area is 101 Å². The second kappa shape index (κ2) is 5.50. The number of benzene rings is 1. The summed E-state index contributed by atoms with van der Waals surface area (Å²) >= 11 is 5.78. The SMILES string of the molecule is N#CC(C#N)=NNc1cc(C(=O)O)ccc1Cl. The smallest absolute Gasteiger partial charge is 0.335 e. The van der Waals surface area contributed by atoms with Gasteiger partial charge in [0.1, 0.15) is 12.1 Å². The van der Waals surface area contributed by atoms with Gasteiger partial charge in [0.05, 0.1) is 16.3 Å². The van der Waals surface area contributed by atoms with Crippen LogP contribution in [-0.2, 0) is 0 Å². The zero-order chi connectivity index (χ0) is 12.8. The van der Waals surface area contributed by atoms with Gasteiger partial charge in [0.25, 0.3) is 0 Å². The predicted octanol–water partition coefficient (Wildman–Crippen LogP) is 1.85. The minimum Gasteiger partial charge on any atom is -0.478 e. The van der Waals surface area contributed by atoms with Crippen LogP contribution in [0.1, 0.15) is 10.4 Å². The number of nitriles is 2. The van der Waals surface area contributed by atoms with Gasteiger partial charge in [0.15, 0.2) is 0 Å². The zero-order valence-electron chi connectivity index (χ0n) is 8.31. The molecule has 84 valence electrons. The molecule has 0 heterocycles. The van der Waals surface area contributed by atoms with Crippen molar-refractivity contribution in [3.63, 3.8) is 0 Å². The zero-order valence-corrected chi connectivity index (χ0v) is 9.06. The number of hydrogen-bond acceptors (Lipinski definition) is 5. The Morgan fingerprint density at radius 1 is 1.41 bits per heavy atom. The second-order valence-electron chi connectivity index (χ2n) is 2.80. The molecule has 0 aliphatic carbocycles. The lowest BCUT2D eigenvalue weighted by Gasteiger charge is -2.03. The van der Waals surface area contributed by atoms with Crippen LogP contribution in [0, 0.1) is 22.7 Å². The van der Waals surface area contributed by atoms with Gasteiger partial charge in [-0.25, -0.2) is 4.79 Å². The van der Waals surface area contributed by atoms with E-state index < -0.39 is 5.97 Å². The number of carbonyl (C=O) groups is 1. The number of nitrogens with zero attached hydrogens (tertiary/aromatic N) is 3. The summed E-state index contributed by atoms with van der Waals surface area (Å²) < 4.78 is 0. The molecule has 0 bridgehead atoms. The number of rotatable bonds is 3. The van der Waals surface area contributed by atoms with Gasteiger partial charge in [0, 0.05) is 0 Å². The monoisotopic (exact) mass is 248 g/mol. The van der Waals surface area contributed by atoms with Gasteiger partial charge in [-0.15, -0.1) is 0 Å². The Morgan fingerprint density at radius 3 is 2.59 bits per heavy atom. The quantitative estimate of drug-likeness (QED) is 0.627. The first kappa shape index (κ1) is 12.5. The van der Waals surface area contributed by atoms with Gasteiger partial charge >= 0.3 is 5.97 Å². The molecule has 0 aliphatic rings. The van der Waals surface area contributed by atoms with Crippen LogP contribution in [-0.4, -0.2) is 16.8 Å². The van der Waals surface area contributed by atoms with E-state index in [2.05, 4.69) is 10.5 Å². The molecule has 2 N–H and O–H groups in total. The van der Waals surface area contributed by atoms with Crippen molar-refractivity contribution in [3.8, 4) is 12.1 Å². The van der Waals surface area contributed by atoms with E-state index in [0.717, 1.165) is 0 Å². The molecule has 0 aromatic heterocycles. The van der Waals surface area contributed by atoms with Crippen molar-refractivity contribution in [2.75, 3.05) is 5.43 Å². The Hall–Kier alpha value is -2.57. The number of carboxylic acid groups (broad SMARTS) is 1. The summed E-state index contributed by atoms with van der Waals surface area (Å²) in [7, 11) is 0. The maximum Gasteiger partial charge on any atom is 0.335 e. The number of halogens is 1. The Balaban J connectivity index is 3.04. The van der Waals surface area contributed by atoms with Gasteiger partial charge in [-0.1, -0.05) is 11.6 Å². The molecular formula is C10H5ClN4O2. The first-order chi connectivity index (χ1) is 8.08. The third-order valence-electron chi connectivity index (χ3n) is 1.71. The average molecular weight is 249 g/mol. The van der Waals surface area contributed by atoms with E-state index in [-0.39, 0.29) is 22.0 Å². The summed E-state index contributed by atoms with van der Waals surface area (Å²) in [5, 5.41) is 29.3. The Kier molecular flexibility index (Phi) is 4.04. The standard InChI is InChI=1S/C10H5ClN4O2/c11-8-2-1-6(10(16)17)3-9(8)15-14-7(4-12)5-13/h1-3,15H,(H,16,17). The highest BCUT2D eigenvalue weighted by Gasteiger charge is 2.07. The van der Waals surface area contributed by atoms with Crippen molar-refractivity contribution in [1.82, 2.24) is 0 Å². The topological polar surface area (TPSA) is 109 Å². The van der Waals surface area contributed by atoms with E-state index in [9.17, 15) is 4.79 Å². The van der Waals surface area contributed by atoms with Crippen LogP contribution in [0.15, 0.2) is 23.3 Å². The molecule has 0 saturated heterocycles. The molecule has 0 unspecified atom stereocenters. The molecule has 17 heavy (non-hydrogen) atoms. The summed E-state index contributed by atoms with van der Waals surface area (Å²) in [6.07, 6.45) is 0. The number of nitrogens with one attached hydrogen (secondary N) is 1. The lowest BCUT2D eigenvalue weighted by molar-refractivity contribution is 0.0697. The third-order valence-corrected chi connectivity index (χ3v) is 2.04. The first-order valence-electron chi connectivity index (χ1n) is 4.25. The minimum absolute atomic E-state index is 0.0163. The van der Waals surface area contributed by atoms with Crippen molar-refractivity contribution < 1.29 is 9.90 Å². The van der Waals surface area contributed by atoms with Crippen LogP contribution in [0.5, 0.6) is 0 Å². The van der Waals surface area contributed by atoms with E-state index in [1.165, 1.54) is 18.2 Å². The van der Waals surface area contributed by atoms with E-state index >= 15 is 0 Å². The van der Waals surface area contributed by atoms with Crippen molar-refractivity contribution in [3.05, 3.63) is 28.8 Å². The van der Waals surface area contributed by atoms with Crippen LogP contribution < -0.4 is 5.43 Å². The lowest BCUT2D eigenvalue weighted by Crippen LogP contribution is -2.00. The summed E-state index contributed by atoms with van der Waals surface area (Å²) in [6, 6.07) is 7.05. The lowest BCUT2D eigenvalue weighted by atomic mass is 10.2. The van der Waals surface area contributed by atoms with Crippen LogP contribution in [0.2, 0.25) is 5.02 Å². The van der Waals surface area contributed by atoms with Gasteiger partial charge in [-0.2, -0.15) is 15.6 Å². The van der Waals surface area contributed by atoms with E-state index in [0.29, 0.717) is 0 Å². The fourth-order valence-corrected chi connectivity index (χ4v) is 1.09. The van der Waals surface area contributed by atoms with E-state index in [1.807, 2.05) is 0 Å². The van der Waals surface area contributed by atoms with Crippen molar-refractivity contribution in [2.24, 2.45) is 5.10 Å². The van der Waals surface area contributed by atoms with Crippen LogP contribution in [0.4, 0.5) is 5.69 Å². The fraction of sp³-hybridized carbons (Fsp3) is 0. The van der Waals surface area contributed by atoms with Crippen LogP contribution in [0.3, 0.4) is 0 Å². The first-order valence-corrected chi connectivity index (χ1v) is 4.63. The molecule has 0 radical (unpaired) electrons. The maximum absolute atomic E-state index is 10.7. The molecule has 6 nitrogen and oxygen atoms in total. The van der Waals surface area contributed by atoms with Crippen molar-refractivity contribution >= 4 is 29.0 Å².